The van der Waals surface area contributed by atoms with Crippen LogP contribution in [-0.4, -0.2) is 30.9 Å². The largest absolute Gasteiger partial charge is 0.466 e. The third-order valence-electron chi connectivity index (χ3n) is 4.05. The third-order valence-corrected chi connectivity index (χ3v) is 4.05. The van der Waals surface area contributed by atoms with E-state index in [-0.39, 0.29) is 30.1 Å². The molecule has 0 unspecified atom stereocenters. The van der Waals surface area contributed by atoms with Gasteiger partial charge in [0, 0.05) is 12.2 Å². The Morgan fingerprint density at radius 3 is 2.11 bits per heavy atom. The Labute approximate surface area is 117 Å². The maximum Gasteiger partial charge on any atom is 0.461 e. The fourth-order valence-corrected chi connectivity index (χ4v) is 2.22. The quantitative estimate of drug-likeness (QED) is 0.549. The molecule has 0 radical (unpaired) electrons. The lowest BCUT2D eigenvalue weighted by Crippen LogP contribution is -2.41. The van der Waals surface area contributed by atoms with Crippen LogP contribution in [0.1, 0.15) is 60.8 Å². The van der Waals surface area contributed by atoms with Crippen LogP contribution in [0.2, 0.25) is 5.82 Å². The van der Waals surface area contributed by atoms with E-state index in [0.29, 0.717) is 13.0 Å². The number of hydrogen-bond donors (Lipinski definition) is 0. The topological polar surface area (TPSA) is 44.8 Å². The van der Waals surface area contributed by atoms with Crippen LogP contribution in [0, 0.1) is 0 Å². The molecule has 19 heavy (non-hydrogen) atoms. The van der Waals surface area contributed by atoms with E-state index in [9.17, 15) is 4.79 Å². The van der Waals surface area contributed by atoms with Gasteiger partial charge in [0.15, 0.2) is 0 Å². The molecule has 1 atom stereocenters. The van der Waals surface area contributed by atoms with E-state index in [0.717, 1.165) is 12.8 Å². The molecule has 1 saturated heterocycles. The average Bonchev–Trinajstić information content (AvgIpc) is 2.48. The summed E-state index contributed by atoms with van der Waals surface area (Å²) in [6.07, 6.45) is 2.25. The second-order valence-corrected chi connectivity index (χ2v) is 6.18. The molecule has 110 valence electrons. The highest BCUT2D eigenvalue weighted by atomic mass is 16.7. The highest BCUT2D eigenvalue weighted by Gasteiger charge is 2.53. The highest BCUT2D eigenvalue weighted by molar-refractivity contribution is 6.47. The van der Waals surface area contributed by atoms with Gasteiger partial charge in [-0.3, -0.25) is 4.79 Å². The molecule has 0 spiro atoms. The molecule has 0 saturated carbocycles. The Balaban J connectivity index is 2.71. The minimum absolute atomic E-state index is 0.0603. The van der Waals surface area contributed by atoms with Crippen LogP contribution in [0.15, 0.2) is 0 Å². The van der Waals surface area contributed by atoms with Crippen molar-refractivity contribution >= 4 is 13.1 Å². The summed E-state index contributed by atoms with van der Waals surface area (Å²) in [5, 5.41) is 0. The van der Waals surface area contributed by atoms with Gasteiger partial charge in [-0.1, -0.05) is 19.8 Å². The lowest BCUT2D eigenvalue weighted by Gasteiger charge is -2.32. The predicted molar refractivity (Wildman–Crippen MR) is 76.0 cm³/mol. The number of rotatable bonds is 6. The molecule has 1 aliphatic heterocycles. The summed E-state index contributed by atoms with van der Waals surface area (Å²) in [4.78, 5) is 11.7. The Kier molecular flexibility index (Phi) is 5.45. The van der Waals surface area contributed by atoms with Gasteiger partial charge in [-0.05, 0) is 34.6 Å². The summed E-state index contributed by atoms with van der Waals surface area (Å²) in [6, 6.07) is 0. The standard InChI is InChI=1S/C14H27BO4/c1-7-9-11(10-12(16)17-8-2)15-18-13(3,4)14(5,6)19-15/h11H,7-10H2,1-6H3/t11-/m1/s1. The van der Waals surface area contributed by atoms with Crippen molar-refractivity contribution in [3.63, 3.8) is 0 Å². The molecule has 1 aliphatic rings. The van der Waals surface area contributed by atoms with Crippen molar-refractivity contribution in [2.45, 2.75) is 77.8 Å². The zero-order valence-electron chi connectivity index (χ0n) is 13.1. The Morgan fingerprint density at radius 1 is 1.16 bits per heavy atom. The SMILES string of the molecule is CCC[C@H](CC(=O)OCC)B1OC(C)(C)C(C)(C)O1. The van der Waals surface area contributed by atoms with Crippen molar-refractivity contribution in [2.75, 3.05) is 6.61 Å². The number of carbonyl (C=O) groups excluding carboxylic acids is 1. The van der Waals surface area contributed by atoms with Crippen LogP contribution in [0.25, 0.3) is 0 Å². The molecule has 1 fully saturated rings. The van der Waals surface area contributed by atoms with Gasteiger partial charge < -0.3 is 14.0 Å². The summed E-state index contributed by atoms with van der Waals surface area (Å²) in [7, 11) is -0.325. The molecular formula is C14H27BO4. The summed E-state index contributed by atoms with van der Waals surface area (Å²) in [5.41, 5.74) is -0.698. The first-order valence-corrected chi connectivity index (χ1v) is 7.24. The van der Waals surface area contributed by atoms with E-state index in [2.05, 4.69) is 6.92 Å². The summed E-state index contributed by atoms with van der Waals surface area (Å²) in [6.45, 7) is 12.5. The van der Waals surface area contributed by atoms with Crippen LogP contribution in [0.5, 0.6) is 0 Å². The monoisotopic (exact) mass is 270 g/mol. The fourth-order valence-electron chi connectivity index (χ4n) is 2.22. The van der Waals surface area contributed by atoms with Crippen LogP contribution in [-0.2, 0) is 18.8 Å². The van der Waals surface area contributed by atoms with Gasteiger partial charge in [-0.25, -0.2) is 0 Å². The van der Waals surface area contributed by atoms with Gasteiger partial charge >= 0.3 is 13.1 Å². The Morgan fingerprint density at radius 2 is 1.68 bits per heavy atom. The smallest absolute Gasteiger partial charge is 0.461 e. The van der Waals surface area contributed by atoms with Crippen LogP contribution < -0.4 is 0 Å². The summed E-state index contributed by atoms with van der Waals surface area (Å²) < 4.78 is 17.1. The minimum Gasteiger partial charge on any atom is -0.466 e. The minimum atomic E-state index is -0.349. The third kappa shape index (κ3) is 3.96. The van der Waals surface area contributed by atoms with E-state index in [1.807, 2.05) is 34.6 Å². The van der Waals surface area contributed by atoms with Gasteiger partial charge in [-0.2, -0.15) is 0 Å². The van der Waals surface area contributed by atoms with Crippen LogP contribution >= 0.6 is 0 Å². The maximum absolute atomic E-state index is 11.7. The number of carbonyl (C=O) groups is 1. The van der Waals surface area contributed by atoms with Gasteiger partial charge in [-0.15, -0.1) is 0 Å². The maximum atomic E-state index is 11.7. The van der Waals surface area contributed by atoms with Crippen molar-refractivity contribution in [2.24, 2.45) is 0 Å². The number of ether oxygens (including phenoxy) is 1. The summed E-state index contributed by atoms with van der Waals surface area (Å²) >= 11 is 0. The lowest BCUT2D eigenvalue weighted by molar-refractivity contribution is -0.143. The van der Waals surface area contributed by atoms with Gasteiger partial charge in [0.25, 0.3) is 0 Å². The molecule has 0 aliphatic carbocycles. The fraction of sp³-hybridized carbons (Fsp3) is 0.929. The molecule has 0 aromatic carbocycles. The second-order valence-electron chi connectivity index (χ2n) is 6.18. The molecule has 0 bridgehead atoms. The number of hydrogen-bond acceptors (Lipinski definition) is 4. The Bertz CT molecular complexity index is 299. The first kappa shape index (κ1) is 16.5. The molecule has 1 heterocycles. The zero-order chi connectivity index (χ0) is 14.7. The van der Waals surface area contributed by atoms with Crippen molar-refractivity contribution < 1.29 is 18.8 Å². The molecule has 5 heteroatoms. The van der Waals surface area contributed by atoms with E-state index in [1.165, 1.54) is 0 Å². The predicted octanol–water partition coefficient (Wildman–Crippen LogP) is 3.20. The first-order valence-electron chi connectivity index (χ1n) is 7.24. The van der Waals surface area contributed by atoms with Crippen molar-refractivity contribution in [1.29, 1.82) is 0 Å². The number of esters is 1. The lowest BCUT2D eigenvalue weighted by atomic mass is 9.67. The summed E-state index contributed by atoms with van der Waals surface area (Å²) in [5.74, 6) is -0.110. The molecule has 1 rings (SSSR count). The van der Waals surface area contributed by atoms with E-state index in [4.69, 9.17) is 14.0 Å². The average molecular weight is 270 g/mol. The second kappa shape index (κ2) is 6.27. The molecule has 0 amide bonds. The zero-order valence-corrected chi connectivity index (χ0v) is 13.1. The van der Waals surface area contributed by atoms with Gasteiger partial charge in [0.1, 0.15) is 0 Å². The Hall–Kier alpha value is -0.545. The van der Waals surface area contributed by atoms with Crippen molar-refractivity contribution in [3.05, 3.63) is 0 Å². The first-order chi connectivity index (χ1) is 8.73. The molecule has 0 aromatic heterocycles. The molecule has 0 aromatic rings. The van der Waals surface area contributed by atoms with Crippen LogP contribution in [0.4, 0.5) is 0 Å². The van der Waals surface area contributed by atoms with Crippen molar-refractivity contribution in [1.82, 2.24) is 0 Å². The van der Waals surface area contributed by atoms with Gasteiger partial charge in [0.2, 0.25) is 0 Å². The van der Waals surface area contributed by atoms with E-state index >= 15 is 0 Å². The van der Waals surface area contributed by atoms with Crippen LogP contribution in [0.3, 0.4) is 0 Å². The van der Waals surface area contributed by atoms with E-state index < -0.39 is 0 Å². The van der Waals surface area contributed by atoms with Gasteiger partial charge in [0.05, 0.1) is 17.8 Å². The molecule has 4 nitrogen and oxygen atoms in total. The van der Waals surface area contributed by atoms with E-state index in [1.54, 1.807) is 0 Å². The normalized spacial score (nSPS) is 22.3. The molecular weight excluding hydrogens is 243 g/mol. The highest BCUT2D eigenvalue weighted by Crippen LogP contribution is 2.42. The molecule has 0 N–H and O–H groups in total. The van der Waals surface area contributed by atoms with Crippen molar-refractivity contribution in [3.8, 4) is 0 Å².